The molecule has 0 aromatic heterocycles. The van der Waals surface area contributed by atoms with E-state index in [1.807, 2.05) is 48.5 Å². The second-order valence-corrected chi connectivity index (χ2v) is 6.43. The van der Waals surface area contributed by atoms with Gasteiger partial charge in [0.2, 0.25) is 5.91 Å². The van der Waals surface area contributed by atoms with Crippen LogP contribution >= 0.6 is 0 Å². The maximum Gasteiger partial charge on any atom is 0.322 e. The van der Waals surface area contributed by atoms with E-state index in [-0.39, 0.29) is 19.0 Å². The lowest BCUT2D eigenvalue weighted by Crippen LogP contribution is -2.57. The number of carbonyl (C=O) groups excluding carboxylic acids is 1. The fourth-order valence-electron chi connectivity index (χ4n) is 3.19. The van der Waals surface area contributed by atoms with Crippen molar-refractivity contribution in [2.75, 3.05) is 27.2 Å². The molecule has 3 rings (SSSR count). The number of amides is 1. The number of benzene rings is 2. The normalized spacial score (nSPS) is 18.0. The van der Waals surface area contributed by atoms with Gasteiger partial charge in [-0.25, -0.2) is 0 Å². The fourth-order valence-corrected chi connectivity index (χ4v) is 3.19. The van der Waals surface area contributed by atoms with Crippen molar-refractivity contribution in [3.63, 3.8) is 0 Å². The summed E-state index contributed by atoms with van der Waals surface area (Å²) in [5.74, 6) is -0.325. The number of carbonyl (C=O) groups is 2. The number of ether oxygens (including phenoxy) is 1. The summed E-state index contributed by atoms with van der Waals surface area (Å²) in [7, 11) is 3.22. The molecule has 1 N–H and O–H groups in total. The highest BCUT2D eigenvalue weighted by Crippen LogP contribution is 2.29. The zero-order chi connectivity index (χ0) is 18.7. The van der Waals surface area contributed by atoms with Gasteiger partial charge in [0.25, 0.3) is 0 Å². The molecule has 1 heterocycles. The Hall–Kier alpha value is -2.86. The zero-order valence-electron chi connectivity index (χ0n) is 14.9. The van der Waals surface area contributed by atoms with Crippen molar-refractivity contribution in [2.45, 2.75) is 12.6 Å². The number of hydrogen-bond donors (Lipinski definition) is 1. The Balaban J connectivity index is 1.86. The van der Waals surface area contributed by atoms with Crippen LogP contribution in [0.15, 0.2) is 48.5 Å². The molecule has 2 aromatic carbocycles. The molecule has 1 saturated heterocycles. The van der Waals surface area contributed by atoms with Crippen molar-refractivity contribution in [3.8, 4) is 16.9 Å². The van der Waals surface area contributed by atoms with E-state index in [0.717, 1.165) is 16.7 Å². The van der Waals surface area contributed by atoms with Crippen LogP contribution in [-0.2, 0) is 16.1 Å². The first-order chi connectivity index (χ1) is 12.5. The van der Waals surface area contributed by atoms with Crippen molar-refractivity contribution < 1.29 is 19.4 Å². The minimum atomic E-state index is -0.927. The lowest BCUT2D eigenvalue weighted by atomic mass is 10.0. The Bertz CT molecular complexity index is 807. The second-order valence-electron chi connectivity index (χ2n) is 6.43. The molecule has 0 saturated carbocycles. The molecule has 6 nitrogen and oxygen atoms in total. The van der Waals surface area contributed by atoms with Crippen molar-refractivity contribution >= 4 is 11.9 Å². The Morgan fingerprint density at radius 2 is 1.92 bits per heavy atom. The predicted octanol–water partition coefficient (Wildman–Crippen LogP) is 2.09. The molecule has 0 bridgehead atoms. The van der Waals surface area contributed by atoms with Crippen LogP contribution in [0.2, 0.25) is 0 Å². The summed E-state index contributed by atoms with van der Waals surface area (Å²) in [5.41, 5.74) is 2.96. The third kappa shape index (κ3) is 3.70. The van der Waals surface area contributed by atoms with Crippen molar-refractivity contribution in [1.82, 2.24) is 9.80 Å². The first kappa shape index (κ1) is 17.9. The Morgan fingerprint density at radius 3 is 2.58 bits per heavy atom. The number of piperazine rings is 1. The molecule has 0 radical (unpaired) electrons. The van der Waals surface area contributed by atoms with Gasteiger partial charge in [-0.05, 0) is 17.2 Å². The third-order valence-corrected chi connectivity index (χ3v) is 4.70. The van der Waals surface area contributed by atoms with Gasteiger partial charge < -0.3 is 14.7 Å². The summed E-state index contributed by atoms with van der Waals surface area (Å²) in [5, 5.41) is 9.50. The zero-order valence-corrected chi connectivity index (χ0v) is 14.9. The van der Waals surface area contributed by atoms with Crippen LogP contribution in [0.25, 0.3) is 11.1 Å². The van der Waals surface area contributed by atoms with Gasteiger partial charge in [-0.3, -0.25) is 14.5 Å². The van der Waals surface area contributed by atoms with Gasteiger partial charge in [-0.1, -0.05) is 42.5 Å². The van der Waals surface area contributed by atoms with Crippen LogP contribution in [0.1, 0.15) is 5.56 Å². The second kappa shape index (κ2) is 7.58. The predicted molar refractivity (Wildman–Crippen MR) is 97.9 cm³/mol. The maximum absolute atomic E-state index is 12.0. The highest BCUT2D eigenvalue weighted by molar-refractivity contribution is 5.83. The Morgan fingerprint density at radius 1 is 1.19 bits per heavy atom. The van der Waals surface area contributed by atoms with Gasteiger partial charge in [-0.2, -0.15) is 0 Å². The maximum atomic E-state index is 12.0. The molecule has 26 heavy (non-hydrogen) atoms. The minimum Gasteiger partial charge on any atom is -0.496 e. The summed E-state index contributed by atoms with van der Waals surface area (Å²) in [6.07, 6.45) is 0. The lowest BCUT2D eigenvalue weighted by Gasteiger charge is -2.37. The van der Waals surface area contributed by atoms with Gasteiger partial charge in [0.15, 0.2) is 0 Å². The van der Waals surface area contributed by atoms with Crippen LogP contribution in [-0.4, -0.2) is 60.1 Å². The van der Waals surface area contributed by atoms with Gasteiger partial charge in [0.1, 0.15) is 11.8 Å². The third-order valence-electron chi connectivity index (χ3n) is 4.70. The molecule has 1 fully saturated rings. The molecule has 1 aliphatic heterocycles. The topological polar surface area (TPSA) is 70.1 Å². The summed E-state index contributed by atoms with van der Waals surface area (Å²) in [4.78, 5) is 26.8. The van der Waals surface area contributed by atoms with Crippen LogP contribution in [0.3, 0.4) is 0 Å². The van der Waals surface area contributed by atoms with E-state index in [9.17, 15) is 14.7 Å². The van der Waals surface area contributed by atoms with Crippen molar-refractivity contribution in [1.29, 1.82) is 0 Å². The quantitative estimate of drug-likeness (QED) is 0.890. The van der Waals surface area contributed by atoms with Crippen molar-refractivity contribution in [3.05, 3.63) is 54.1 Å². The van der Waals surface area contributed by atoms with E-state index in [1.165, 1.54) is 4.90 Å². The summed E-state index contributed by atoms with van der Waals surface area (Å²) in [6.45, 7) is 0.602. The number of hydrogen-bond acceptors (Lipinski definition) is 4. The van der Waals surface area contributed by atoms with Crippen LogP contribution in [0, 0.1) is 0 Å². The number of aliphatic carboxylic acids is 1. The minimum absolute atomic E-state index is 0.0804. The molecule has 1 aliphatic rings. The average molecular weight is 354 g/mol. The fraction of sp³-hybridized carbons (Fsp3) is 0.300. The number of likely N-dealkylation sites (N-methyl/N-ethyl adjacent to an activating group) is 1. The van der Waals surface area contributed by atoms with Crippen LogP contribution < -0.4 is 4.74 Å². The molecule has 1 atom stereocenters. The van der Waals surface area contributed by atoms with Crippen molar-refractivity contribution in [2.24, 2.45) is 0 Å². The molecular formula is C20H22N2O4. The first-order valence-electron chi connectivity index (χ1n) is 8.42. The highest BCUT2D eigenvalue weighted by atomic mass is 16.5. The molecule has 2 aromatic rings. The molecule has 1 amide bonds. The van der Waals surface area contributed by atoms with E-state index in [4.69, 9.17) is 4.74 Å². The van der Waals surface area contributed by atoms with Gasteiger partial charge in [-0.15, -0.1) is 0 Å². The van der Waals surface area contributed by atoms with Gasteiger partial charge in [0.05, 0.1) is 13.7 Å². The van der Waals surface area contributed by atoms with E-state index < -0.39 is 12.0 Å². The molecular weight excluding hydrogens is 332 g/mol. The number of methoxy groups -OCH3 is 1. The number of rotatable bonds is 5. The number of carboxylic acids is 1. The summed E-state index contributed by atoms with van der Waals surface area (Å²) < 4.78 is 5.52. The van der Waals surface area contributed by atoms with E-state index in [0.29, 0.717) is 12.3 Å². The number of carboxylic acid groups (broad SMARTS) is 1. The first-order valence-corrected chi connectivity index (χ1v) is 8.42. The van der Waals surface area contributed by atoms with Crippen LogP contribution in [0.4, 0.5) is 0 Å². The summed E-state index contributed by atoms with van der Waals surface area (Å²) >= 11 is 0. The molecule has 0 spiro atoms. The SMILES string of the molecule is COc1cc(-c2ccccc2)ccc1CN1CC(=O)N(C)CC1C(=O)O. The van der Waals surface area contributed by atoms with E-state index in [1.54, 1.807) is 19.1 Å². The summed E-state index contributed by atoms with van der Waals surface area (Å²) in [6, 6.07) is 15.1. The van der Waals surface area contributed by atoms with Crippen LogP contribution in [0.5, 0.6) is 5.75 Å². The Kier molecular flexibility index (Phi) is 5.23. The smallest absolute Gasteiger partial charge is 0.322 e. The van der Waals surface area contributed by atoms with Gasteiger partial charge in [0, 0.05) is 25.7 Å². The van der Waals surface area contributed by atoms with Gasteiger partial charge >= 0.3 is 5.97 Å². The average Bonchev–Trinajstić information content (AvgIpc) is 2.65. The standard InChI is InChI=1S/C20H22N2O4/c1-21-12-17(20(24)25)22(13-19(21)23)11-16-9-8-15(10-18(16)26-2)14-6-4-3-5-7-14/h3-10,17H,11-13H2,1-2H3,(H,24,25). The molecule has 6 heteroatoms. The molecule has 1 unspecified atom stereocenters. The Labute approximate surface area is 152 Å². The largest absolute Gasteiger partial charge is 0.496 e. The highest BCUT2D eigenvalue weighted by Gasteiger charge is 2.35. The monoisotopic (exact) mass is 354 g/mol. The van der Waals surface area contributed by atoms with E-state index >= 15 is 0 Å². The lowest BCUT2D eigenvalue weighted by molar-refractivity contribution is -0.151. The van der Waals surface area contributed by atoms with E-state index in [2.05, 4.69) is 0 Å². The molecule has 136 valence electrons. The number of nitrogens with zero attached hydrogens (tertiary/aromatic N) is 2. The molecule has 0 aliphatic carbocycles.